The fourth-order valence-electron chi connectivity index (χ4n) is 9.09. The van der Waals surface area contributed by atoms with Gasteiger partial charge in [-0.05, 0) is 123 Å². The Hall–Kier alpha value is -4.59. The van der Waals surface area contributed by atoms with Crippen molar-refractivity contribution in [2.75, 3.05) is 0 Å². The third-order valence-corrected chi connectivity index (χ3v) is 11.8. The molecule has 1 N–H and O–H groups in total. The van der Waals surface area contributed by atoms with Crippen molar-refractivity contribution in [2.24, 2.45) is 17.3 Å². The van der Waals surface area contributed by atoms with Crippen molar-refractivity contribution in [1.82, 2.24) is 0 Å². The van der Waals surface area contributed by atoms with Gasteiger partial charge in [0.05, 0.1) is 5.56 Å². The van der Waals surface area contributed by atoms with E-state index in [0.29, 0.717) is 53.2 Å². The second-order valence-corrected chi connectivity index (χ2v) is 15.2. The van der Waals surface area contributed by atoms with Crippen LogP contribution in [0.25, 0.3) is 11.0 Å². The highest BCUT2D eigenvalue weighted by Crippen LogP contribution is 2.61. The van der Waals surface area contributed by atoms with Gasteiger partial charge in [0.15, 0.2) is 0 Å². The van der Waals surface area contributed by atoms with Crippen LogP contribution in [0.15, 0.2) is 82.0 Å². The number of phenols is 1. The molecule has 1 aromatic heterocycles. The highest BCUT2D eigenvalue weighted by Gasteiger charge is 2.56. The van der Waals surface area contributed by atoms with Gasteiger partial charge in [0, 0.05) is 35.8 Å². The topological polar surface area (TPSA) is 112 Å². The number of carbonyl (C=O) groups is 2. The molecule has 0 radical (unpaired) electrons. The molecule has 8 rings (SSSR count). The van der Waals surface area contributed by atoms with Crippen LogP contribution in [-0.2, 0) is 27.1 Å². The molecule has 2 saturated carbocycles. The summed E-state index contributed by atoms with van der Waals surface area (Å²) in [7, 11) is 0. The lowest BCUT2D eigenvalue weighted by molar-refractivity contribution is -0.157. The summed E-state index contributed by atoms with van der Waals surface area (Å²) in [5.74, 6) is 2.59. The fourth-order valence-corrected chi connectivity index (χ4v) is 9.09. The summed E-state index contributed by atoms with van der Waals surface area (Å²) in [5, 5.41) is 10.6. The number of phenolic OH excluding ortho intramolecular Hbond substituents is 1. The van der Waals surface area contributed by atoms with Crippen molar-refractivity contribution in [2.45, 2.75) is 103 Å². The summed E-state index contributed by atoms with van der Waals surface area (Å²) in [5.41, 5.74) is 3.72. The summed E-state index contributed by atoms with van der Waals surface area (Å²) >= 11 is 0. The molecule has 0 spiro atoms. The van der Waals surface area contributed by atoms with Gasteiger partial charge in [-0.25, -0.2) is 9.59 Å². The van der Waals surface area contributed by atoms with E-state index in [2.05, 4.69) is 13.0 Å². The molecule has 4 aromatic rings. The quantitative estimate of drug-likeness (QED) is 0.166. The maximum Gasteiger partial charge on any atom is 0.338 e. The first-order chi connectivity index (χ1) is 23.9. The molecular weight excluding hydrogens is 632 g/mol. The van der Waals surface area contributed by atoms with Crippen LogP contribution in [0.2, 0.25) is 0 Å². The minimum absolute atomic E-state index is 0.0477. The molecule has 3 aliphatic carbocycles. The van der Waals surface area contributed by atoms with Crippen molar-refractivity contribution in [3.05, 3.63) is 105 Å². The molecule has 0 bridgehead atoms. The van der Waals surface area contributed by atoms with Crippen LogP contribution >= 0.6 is 0 Å². The third-order valence-electron chi connectivity index (χ3n) is 11.8. The zero-order valence-electron chi connectivity index (χ0n) is 29.3. The number of ether oxygens (including phenoxy) is 3. The number of carbonyl (C=O) groups excluding carboxylic acids is 2. The number of fused-ring (bicyclic) bond motifs is 7. The Balaban J connectivity index is 0.000000157. The van der Waals surface area contributed by atoms with E-state index in [1.807, 2.05) is 45.0 Å². The molecule has 2 heterocycles. The Kier molecular flexibility index (Phi) is 8.99. The molecule has 0 saturated heterocycles. The lowest BCUT2D eigenvalue weighted by atomic mass is 9.55. The first-order valence-corrected chi connectivity index (χ1v) is 18.0. The highest BCUT2D eigenvalue weighted by molar-refractivity contribution is 5.89. The molecule has 1 aliphatic heterocycles. The number of aryl methyl sites for hydroxylation is 1. The average molecular weight is 679 g/mol. The lowest BCUT2D eigenvalue weighted by Crippen LogP contribution is -2.45. The van der Waals surface area contributed by atoms with Gasteiger partial charge in [0.2, 0.25) is 0 Å². The smallest absolute Gasteiger partial charge is 0.338 e. The summed E-state index contributed by atoms with van der Waals surface area (Å²) in [4.78, 5) is 35.6. The largest absolute Gasteiger partial charge is 0.508 e. The molecule has 4 aliphatic rings. The van der Waals surface area contributed by atoms with Crippen LogP contribution in [0.5, 0.6) is 11.5 Å². The molecule has 6 unspecified atom stereocenters. The zero-order chi connectivity index (χ0) is 35.2. The average Bonchev–Trinajstić information content (AvgIpc) is 3.68. The molecule has 50 heavy (non-hydrogen) atoms. The number of esters is 2. The van der Waals surface area contributed by atoms with Gasteiger partial charge in [-0.2, -0.15) is 0 Å². The lowest BCUT2D eigenvalue weighted by Gasteiger charge is -2.50. The van der Waals surface area contributed by atoms with Crippen molar-refractivity contribution in [3.8, 4) is 11.5 Å². The number of hydrogen-bond donors (Lipinski definition) is 1. The van der Waals surface area contributed by atoms with E-state index in [9.17, 15) is 19.5 Å². The zero-order valence-corrected chi connectivity index (χ0v) is 29.3. The van der Waals surface area contributed by atoms with Crippen molar-refractivity contribution >= 4 is 22.9 Å². The van der Waals surface area contributed by atoms with Gasteiger partial charge in [-0.1, -0.05) is 38.1 Å². The second-order valence-electron chi connectivity index (χ2n) is 15.2. The molecule has 8 heteroatoms. The second kappa shape index (κ2) is 13.3. The monoisotopic (exact) mass is 678 g/mol. The van der Waals surface area contributed by atoms with E-state index in [1.165, 1.54) is 36.5 Å². The highest BCUT2D eigenvalue weighted by atomic mass is 16.6. The Morgan fingerprint density at radius 3 is 2.54 bits per heavy atom. The van der Waals surface area contributed by atoms with E-state index in [0.717, 1.165) is 30.2 Å². The third kappa shape index (κ3) is 6.40. The van der Waals surface area contributed by atoms with E-state index < -0.39 is 11.2 Å². The van der Waals surface area contributed by atoms with Crippen molar-refractivity contribution in [1.29, 1.82) is 0 Å². The Morgan fingerprint density at radius 1 is 0.960 bits per heavy atom. The van der Waals surface area contributed by atoms with E-state index >= 15 is 0 Å². The summed E-state index contributed by atoms with van der Waals surface area (Å²) in [6, 6.07) is 21.6. The van der Waals surface area contributed by atoms with Crippen molar-refractivity contribution in [3.63, 3.8) is 0 Å². The summed E-state index contributed by atoms with van der Waals surface area (Å²) in [6.07, 6.45) is 7.67. The van der Waals surface area contributed by atoms with Crippen LogP contribution in [0.1, 0.15) is 99.2 Å². The standard InChI is InChI=1S/C21H18O5.C21H28O3/c1-21(2,26-20(23)13-6-4-3-5-7-13)18-11-15-10-14-8-9-19(22)25-16(14)12-17(15)24-18;1-3-20(23)24-19-9-8-18-17-6-4-13-12-14(22)5-7-15(13)16(17)10-11-21(18,19)2/h3-10,12,18H,11H2,1-2H3;5,7,12,16-19,22H,3-4,6,8-11H2,1-2H3. The number of hydrogen-bond acceptors (Lipinski definition) is 8. The minimum Gasteiger partial charge on any atom is -0.508 e. The minimum atomic E-state index is -0.820. The van der Waals surface area contributed by atoms with E-state index in [1.54, 1.807) is 36.4 Å². The Labute approximate surface area is 292 Å². The Bertz CT molecular complexity index is 1960. The van der Waals surface area contributed by atoms with E-state index in [4.69, 9.17) is 18.6 Å². The van der Waals surface area contributed by atoms with Gasteiger partial charge in [-0.3, -0.25) is 4.79 Å². The van der Waals surface area contributed by atoms with Gasteiger partial charge >= 0.3 is 17.6 Å². The fraction of sp³-hybridized carbons (Fsp3) is 0.452. The maximum absolute atomic E-state index is 12.4. The van der Waals surface area contributed by atoms with Crippen molar-refractivity contribution < 1.29 is 33.3 Å². The predicted octanol–water partition coefficient (Wildman–Crippen LogP) is 8.30. The SMILES string of the molecule is CC(C)(OC(=O)c1ccccc1)C1Cc2cc3ccc(=O)oc3cc2O1.CCC(=O)OC1CCC2C3CCc4cc(O)ccc4C3CCC12C. The molecule has 3 aromatic carbocycles. The number of benzene rings is 3. The molecule has 0 amide bonds. The maximum atomic E-state index is 12.4. The van der Waals surface area contributed by atoms with Crippen LogP contribution < -0.4 is 10.4 Å². The summed E-state index contributed by atoms with van der Waals surface area (Å²) in [6.45, 7) is 7.91. The van der Waals surface area contributed by atoms with E-state index in [-0.39, 0.29) is 29.6 Å². The van der Waals surface area contributed by atoms with Gasteiger partial charge in [-0.15, -0.1) is 0 Å². The number of rotatable bonds is 5. The first kappa shape index (κ1) is 33.9. The predicted molar refractivity (Wildman–Crippen MR) is 189 cm³/mol. The molecule has 6 atom stereocenters. The molecule has 8 nitrogen and oxygen atoms in total. The molecular formula is C42H46O8. The molecule has 2 fully saturated rings. The van der Waals surface area contributed by atoms with Crippen LogP contribution in [-0.4, -0.2) is 34.9 Å². The van der Waals surface area contributed by atoms with Gasteiger partial charge in [0.25, 0.3) is 0 Å². The van der Waals surface area contributed by atoms with Gasteiger partial charge < -0.3 is 23.7 Å². The number of aromatic hydroxyl groups is 1. The van der Waals surface area contributed by atoms with Crippen LogP contribution in [0, 0.1) is 17.3 Å². The normalized spacial score (nSPS) is 26.3. The van der Waals surface area contributed by atoms with Crippen LogP contribution in [0.4, 0.5) is 0 Å². The van der Waals surface area contributed by atoms with Crippen LogP contribution in [0.3, 0.4) is 0 Å². The first-order valence-electron chi connectivity index (χ1n) is 18.0. The summed E-state index contributed by atoms with van der Waals surface area (Å²) < 4.78 is 22.8. The Morgan fingerprint density at radius 2 is 1.76 bits per heavy atom. The van der Waals surface area contributed by atoms with Gasteiger partial charge in [0.1, 0.15) is 34.9 Å². The molecule has 262 valence electrons.